The predicted octanol–water partition coefficient (Wildman–Crippen LogP) is 2.32. The van der Waals surface area contributed by atoms with Crippen molar-refractivity contribution in [1.29, 1.82) is 0 Å². The molecule has 0 aromatic heterocycles. The molecule has 0 spiro atoms. The van der Waals surface area contributed by atoms with Crippen LogP contribution >= 0.6 is 7.26 Å². The molecule has 0 aliphatic carbocycles. The summed E-state index contributed by atoms with van der Waals surface area (Å²) in [5, 5.41) is 4.02. The fourth-order valence-corrected chi connectivity index (χ4v) is 7.88. The maximum absolute atomic E-state index is 13.5. The minimum atomic E-state index is -1.91. The Morgan fingerprint density at radius 3 is 1.21 bits per heavy atom. The van der Waals surface area contributed by atoms with Crippen molar-refractivity contribution >= 4 is 23.2 Å². The highest BCUT2D eigenvalue weighted by Crippen LogP contribution is 2.58. The zero-order chi connectivity index (χ0) is 18.5. The van der Waals surface area contributed by atoms with Gasteiger partial charge in [-0.15, -0.1) is 0 Å². The van der Waals surface area contributed by atoms with Crippen LogP contribution in [0, 0.1) is 5.82 Å². The summed E-state index contributed by atoms with van der Waals surface area (Å²) < 4.78 is 13.5. The van der Waals surface area contributed by atoms with Crippen LogP contribution in [0.3, 0.4) is 0 Å². The predicted molar refractivity (Wildman–Crippen MR) is 115 cm³/mol. The fraction of sp³-hybridized carbons (Fsp3) is 0.0400. The summed E-state index contributed by atoms with van der Waals surface area (Å²) in [4.78, 5) is 0. The molecule has 140 valence electrons. The minimum Gasteiger partial charge on any atom is -1.00 e. The lowest BCUT2D eigenvalue weighted by Crippen LogP contribution is -3.00. The van der Waals surface area contributed by atoms with Gasteiger partial charge in [-0.05, 0) is 54.1 Å². The SMILES string of the molecule is Fc1ccc(C[P+](c2ccccc2)(c2ccccc2)c2ccccc2)cc1.[Br-]. The molecule has 0 nitrogen and oxygen atoms in total. The Labute approximate surface area is 177 Å². The van der Waals surface area contributed by atoms with E-state index in [4.69, 9.17) is 0 Å². The molecule has 3 heteroatoms. The standard InChI is InChI=1S/C25H21FP.BrH/c26-22-18-16-21(17-19-22)20-27(23-10-4-1-5-11-23,24-12-6-2-7-13-24)25-14-8-3-9-15-25;/h1-19H,20H2;1H/q+1;/p-1. The Morgan fingerprint density at radius 2 is 0.857 bits per heavy atom. The maximum atomic E-state index is 13.5. The number of rotatable bonds is 5. The van der Waals surface area contributed by atoms with Gasteiger partial charge in [0.1, 0.15) is 29.0 Å². The molecular formula is C25H21BrFP. The summed E-state index contributed by atoms with van der Waals surface area (Å²) in [5.74, 6) is -0.193. The van der Waals surface area contributed by atoms with Crippen molar-refractivity contribution in [2.45, 2.75) is 6.16 Å². The van der Waals surface area contributed by atoms with Gasteiger partial charge in [-0.25, -0.2) is 4.39 Å². The highest BCUT2D eigenvalue weighted by molar-refractivity contribution is 7.95. The first-order valence-electron chi connectivity index (χ1n) is 9.08. The van der Waals surface area contributed by atoms with Gasteiger partial charge in [0.2, 0.25) is 0 Å². The van der Waals surface area contributed by atoms with Crippen molar-refractivity contribution in [2.75, 3.05) is 0 Å². The van der Waals surface area contributed by atoms with Gasteiger partial charge < -0.3 is 17.0 Å². The van der Waals surface area contributed by atoms with Gasteiger partial charge in [-0.2, -0.15) is 0 Å². The van der Waals surface area contributed by atoms with E-state index in [0.717, 1.165) is 11.7 Å². The van der Waals surface area contributed by atoms with Crippen LogP contribution in [0.4, 0.5) is 4.39 Å². The molecule has 4 rings (SSSR count). The smallest absolute Gasteiger partial charge is 0.123 e. The van der Waals surface area contributed by atoms with Crippen LogP contribution in [0.5, 0.6) is 0 Å². The molecule has 0 aliphatic heterocycles. The topological polar surface area (TPSA) is 0 Å². The van der Waals surface area contributed by atoms with Crippen LogP contribution in [0.1, 0.15) is 5.56 Å². The van der Waals surface area contributed by atoms with E-state index in [0.29, 0.717) is 0 Å². The molecule has 0 heterocycles. The zero-order valence-electron chi connectivity index (χ0n) is 15.4. The molecular weight excluding hydrogens is 430 g/mol. The number of hydrogen-bond acceptors (Lipinski definition) is 0. The molecule has 28 heavy (non-hydrogen) atoms. The summed E-state index contributed by atoms with van der Waals surface area (Å²) in [6.45, 7) is 0. The van der Waals surface area contributed by atoms with Crippen LogP contribution in [0.25, 0.3) is 0 Å². The lowest BCUT2D eigenvalue weighted by molar-refractivity contribution is -0.00000585. The van der Waals surface area contributed by atoms with Crippen LogP contribution in [-0.4, -0.2) is 0 Å². The Kier molecular flexibility index (Phi) is 6.78. The fourth-order valence-electron chi connectivity index (χ4n) is 3.63. The first-order valence-corrected chi connectivity index (χ1v) is 11.1. The van der Waals surface area contributed by atoms with Crippen molar-refractivity contribution in [3.05, 3.63) is 127 Å². The Balaban J connectivity index is 0.00000225. The largest absolute Gasteiger partial charge is 1.00 e. The van der Waals surface area contributed by atoms with Gasteiger partial charge in [0.25, 0.3) is 0 Å². The second kappa shape index (κ2) is 9.28. The molecule has 0 unspecified atom stereocenters. The minimum absolute atomic E-state index is 0. The van der Waals surface area contributed by atoms with Crippen LogP contribution in [0.15, 0.2) is 115 Å². The lowest BCUT2D eigenvalue weighted by atomic mass is 10.2. The van der Waals surface area contributed by atoms with Crippen LogP contribution in [-0.2, 0) is 6.16 Å². The van der Waals surface area contributed by atoms with E-state index < -0.39 is 7.26 Å². The molecule has 4 aromatic rings. The number of hydrogen-bond donors (Lipinski definition) is 0. The highest BCUT2D eigenvalue weighted by atomic mass is 79.9. The number of benzene rings is 4. The van der Waals surface area contributed by atoms with Gasteiger partial charge in [-0.3, -0.25) is 0 Å². The van der Waals surface area contributed by atoms with E-state index in [9.17, 15) is 4.39 Å². The molecule has 0 radical (unpaired) electrons. The number of halogens is 2. The third-order valence-corrected chi connectivity index (χ3v) is 9.30. The van der Waals surface area contributed by atoms with E-state index in [2.05, 4.69) is 91.0 Å². The van der Waals surface area contributed by atoms with Crippen molar-refractivity contribution in [1.82, 2.24) is 0 Å². The monoisotopic (exact) mass is 450 g/mol. The first kappa shape index (κ1) is 20.5. The molecule has 0 fully saturated rings. The van der Waals surface area contributed by atoms with Crippen molar-refractivity contribution in [3.8, 4) is 0 Å². The maximum Gasteiger partial charge on any atom is 0.123 e. The van der Waals surface area contributed by atoms with Crippen LogP contribution < -0.4 is 32.9 Å². The lowest BCUT2D eigenvalue weighted by Gasteiger charge is -2.27. The Hall–Kier alpha value is -2.28. The molecule has 0 saturated heterocycles. The van der Waals surface area contributed by atoms with E-state index >= 15 is 0 Å². The van der Waals surface area contributed by atoms with E-state index in [1.165, 1.54) is 15.9 Å². The normalized spacial score (nSPS) is 10.9. The molecule has 0 saturated carbocycles. The Morgan fingerprint density at radius 1 is 0.500 bits per heavy atom. The third-order valence-electron chi connectivity index (χ3n) is 4.92. The van der Waals surface area contributed by atoms with E-state index in [-0.39, 0.29) is 22.8 Å². The second-order valence-electron chi connectivity index (χ2n) is 6.60. The summed E-state index contributed by atoms with van der Waals surface area (Å²) in [6, 6.07) is 39.2. The molecule has 0 amide bonds. The summed E-state index contributed by atoms with van der Waals surface area (Å²) in [7, 11) is -1.91. The quantitative estimate of drug-likeness (QED) is 0.409. The average Bonchev–Trinajstić information content (AvgIpc) is 2.75. The van der Waals surface area contributed by atoms with Crippen LogP contribution in [0.2, 0.25) is 0 Å². The summed E-state index contributed by atoms with van der Waals surface area (Å²) >= 11 is 0. The van der Waals surface area contributed by atoms with Gasteiger partial charge in [-0.1, -0.05) is 66.7 Å². The van der Waals surface area contributed by atoms with Gasteiger partial charge in [0, 0.05) is 0 Å². The van der Waals surface area contributed by atoms with Crippen molar-refractivity contribution in [2.24, 2.45) is 0 Å². The van der Waals surface area contributed by atoms with Crippen molar-refractivity contribution in [3.63, 3.8) is 0 Å². The molecule has 4 aromatic carbocycles. The van der Waals surface area contributed by atoms with Gasteiger partial charge in [0.05, 0.1) is 6.16 Å². The first-order chi connectivity index (χ1) is 13.3. The summed E-state index contributed by atoms with van der Waals surface area (Å²) in [6.07, 6.45) is 0.866. The second-order valence-corrected chi connectivity index (χ2v) is 10.1. The van der Waals surface area contributed by atoms with Gasteiger partial charge in [0.15, 0.2) is 0 Å². The van der Waals surface area contributed by atoms with E-state index in [1.807, 2.05) is 12.1 Å². The molecule has 0 atom stereocenters. The Bertz CT molecular complexity index is 890. The molecule has 0 bridgehead atoms. The zero-order valence-corrected chi connectivity index (χ0v) is 17.9. The third kappa shape index (κ3) is 4.09. The van der Waals surface area contributed by atoms with E-state index in [1.54, 1.807) is 12.1 Å². The average molecular weight is 451 g/mol. The molecule has 0 N–H and O–H groups in total. The van der Waals surface area contributed by atoms with Crippen molar-refractivity contribution < 1.29 is 21.4 Å². The molecule has 0 aliphatic rings. The summed E-state index contributed by atoms with van der Waals surface area (Å²) in [5.41, 5.74) is 1.15. The van der Waals surface area contributed by atoms with Gasteiger partial charge >= 0.3 is 0 Å². The highest BCUT2D eigenvalue weighted by Gasteiger charge is 2.45.